The number of carbonyl (C=O) groups is 1. The Bertz CT molecular complexity index is 677. The molecule has 1 heterocycles. The van der Waals surface area contributed by atoms with Gasteiger partial charge in [0.15, 0.2) is 0 Å². The molecule has 0 saturated heterocycles. The van der Waals surface area contributed by atoms with Crippen molar-refractivity contribution in [3.05, 3.63) is 57.3 Å². The van der Waals surface area contributed by atoms with Crippen molar-refractivity contribution in [2.24, 2.45) is 5.10 Å². The van der Waals surface area contributed by atoms with Crippen molar-refractivity contribution in [2.75, 3.05) is 0 Å². The standard InChI is InChI=1S/C14H11F3N2OS/c1-9-5-6-21-12(9)8-18-19-13(20)10-3-2-4-11(7-10)14(15,16)17/h2-8H,1H3,(H,19,20). The summed E-state index contributed by atoms with van der Waals surface area (Å²) in [5, 5.41) is 5.63. The largest absolute Gasteiger partial charge is 0.416 e. The Hall–Kier alpha value is -2.15. The molecular formula is C14H11F3N2OS. The lowest BCUT2D eigenvalue weighted by molar-refractivity contribution is -0.137. The Morgan fingerprint density at radius 1 is 1.33 bits per heavy atom. The van der Waals surface area contributed by atoms with Gasteiger partial charge in [-0.2, -0.15) is 18.3 Å². The van der Waals surface area contributed by atoms with Crippen LogP contribution in [0.2, 0.25) is 0 Å². The van der Waals surface area contributed by atoms with E-state index >= 15 is 0 Å². The molecule has 2 rings (SSSR count). The molecule has 0 bridgehead atoms. The molecule has 7 heteroatoms. The van der Waals surface area contributed by atoms with Gasteiger partial charge in [0.1, 0.15) is 0 Å². The van der Waals surface area contributed by atoms with Gasteiger partial charge < -0.3 is 0 Å². The van der Waals surface area contributed by atoms with Crippen LogP contribution in [0.5, 0.6) is 0 Å². The van der Waals surface area contributed by atoms with Crippen LogP contribution in [0.4, 0.5) is 13.2 Å². The second-order valence-electron chi connectivity index (χ2n) is 4.25. The fourth-order valence-electron chi connectivity index (χ4n) is 1.57. The van der Waals surface area contributed by atoms with Crippen molar-refractivity contribution in [2.45, 2.75) is 13.1 Å². The van der Waals surface area contributed by atoms with Crippen LogP contribution in [-0.4, -0.2) is 12.1 Å². The van der Waals surface area contributed by atoms with E-state index in [-0.39, 0.29) is 5.56 Å². The van der Waals surface area contributed by atoms with Gasteiger partial charge in [-0.1, -0.05) is 6.07 Å². The summed E-state index contributed by atoms with van der Waals surface area (Å²) in [5.74, 6) is -0.688. The van der Waals surface area contributed by atoms with Crippen LogP contribution in [0.25, 0.3) is 0 Å². The first kappa shape index (κ1) is 15.2. The molecule has 0 aliphatic rings. The molecule has 0 aliphatic heterocycles. The zero-order valence-corrected chi connectivity index (χ0v) is 11.8. The van der Waals surface area contributed by atoms with Crippen LogP contribution in [0.15, 0.2) is 40.8 Å². The number of nitrogens with zero attached hydrogens (tertiary/aromatic N) is 1. The molecule has 3 nitrogen and oxygen atoms in total. The average molecular weight is 312 g/mol. The number of nitrogens with one attached hydrogen (secondary N) is 1. The molecule has 0 unspecified atom stereocenters. The third-order valence-corrected chi connectivity index (χ3v) is 3.66. The number of carbonyl (C=O) groups excluding carboxylic acids is 1. The van der Waals surface area contributed by atoms with Gasteiger partial charge in [0.2, 0.25) is 0 Å². The number of alkyl halides is 3. The highest BCUT2D eigenvalue weighted by Crippen LogP contribution is 2.29. The van der Waals surface area contributed by atoms with E-state index in [1.807, 2.05) is 18.4 Å². The molecule has 0 atom stereocenters. The first-order chi connectivity index (χ1) is 9.88. The molecule has 0 radical (unpaired) electrons. The van der Waals surface area contributed by atoms with Crippen molar-refractivity contribution in [3.8, 4) is 0 Å². The van der Waals surface area contributed by atoms with Gasteiger partial charge in [0.25, 0.3) is 5.91 Å². The van der Waals surface area contributed by atoms with E-state index < -0.39 is 17.6 Å². The highest BCUT2D eigenvalue weighted by molar-refractivity contribution is 7.11. The number of hydrogen-bond acceptors (Lipinski definition) is 3. The summed E-state index contributed by atoms with van der Waals surface area (Å²) >= 11 is 1.45. The SMILES string of the molecule is Cc1ccsc1C=NNC(=O)c1cccc(C(F)(F)F)c1. The third-order valence-electron chi connectivity index (χ3n) is 2.70. The molecule has 1 amide bonds. The number of amides is 1. The molecule has 0 fully saturated rings. The molecule has 110 valence electrons. The van der Waals surface area contributed by atoms with Crippen LogP contribution in [-0.2, 0) is 6.18 Å². The summed E-state index contributed by atoms with van der Waals surface area (Å²) in [6, 6.07) is 6.10. The minimum atomic E-state index is -4.48. The maximum absolute atomic E-state index is 12.6. The summed E-state index contributed by atoms with van der Waals surface area (Å²) in [4.78, 5) is 12.6. The van der Waals surface area contributed by atoms with Gasteiger partial charge >= 0.3 is 6.18 Å². The Kier molecular flexibility index (Phi) is 4.42. The molecule has 0 saturated carbocycles. The van der Waals surface area contributed by atoms with Gasteiger partial charge in [-0.05, 0) is 42.1 Å². The van der Waals surface area contributed by atoms with Crippen LogP contribution in [0.1, 0.15) is 26.4 Å². The minimum absolute atomic E-state index is 0.0927. The van der Waals surface area contributed by atoms with Crippen molar-refractivity contribution in [1.82, 2.24) is 5.43 Å². The molecule has 1 aromatic heterocycles. The fourth-order valence-corrected chi connectivity index (χ4v) is 2.35. The number of rotatable bonds is 3. The molecule has 1 N–H and O–H groups in total. The predicted molar refractivity (Wildman–Crippen MR) is 75.6 cm³/mol. The van der Waals surface area contributed by atoms with E-state index in [1.54, 1.807) is 0 Å². The Morgan fingerprint density at radius 2 is 2.10 bits per heavy atom. The van der Waals surface area contributed by atoms with E-state index in [4.69, 9.17) is 0 Å². The highest BCUT2D eigenvalue weighted by atomic mass is 32.1. The van der Waals surface area contributed by atoms with Crippen LogP contribution in [0, 0.1) is 6.92 Å². The number of aryl methyl sites for hydroxylation is 1. The second-order valence-corrected chi connectivity index (χ2v) is 5.19. The van der Waals surface area contributed by atoms with Crippen molar-refractivity contribution < 1.29 is 18.0 Å². The van der Waals surface area contributed by atoms with E-state index in [2.05, 4.69) is 10.5 Å². The van der Waals surface area contributed by atoms with Crippen LogP contribution < -0.4 is 5.43 Å². The molecule has 0 aliphatic carbocycles. The van der Waals surface area contributed by atoms with Crippen molar-refractivity contribution in [3.63, 3.8) is 0 Å². The van der Waals surface area contributed by atoms with Crippen molar-refractivity contribution in [1.29, 1.82) is 0 Å². The lowest BCUT2D eigenvalue weighted by Crippen LogP contribution is -2.18. The van der Waals surface area contributed by atoms with Gasteiger partial charge in [-0.25, -0.2) is 5.43 Å². The van der Waals surface area contributed by atoms with E-state index in [0.29, 0.717) is 0 Å². The molecule has 1 aromatic carbocycles. The first-order valence-corrected chi connectivity index (χ1v) is 6.80. The normalized spacial score (nSPS) is 11.8. The summed E-state index contributed by atoms with van der Waals surface area (Å²) in [6.07, 6.45) is -3.01. The number of halogens is 3. The summed E-state index contributed by atoms with van der Waals surface area (Å²) in [6.45, 7) is 1.90. The van der Waals surface area contributed by atoms with Crippen molar-refractivity contribution >= 4 is 23.5 Å². The topological polar surface area (TPSA) is 41.5 Å². The molecule has 0 spiro atoms. The van der Waals surface area contributed by atoms with E-state index in [1.165, 1.54) is 29.7 Å². The lowest BCUT2D eigenvalue weighted by Gasteiger charge is -2.07. The Labute approximate surface area is 123 Å². The Morgan fingerprint density at radius 3 is 2.71 bits per heavy atom. The number of hydrogen-bond donors (Lipinski definition) is 1. The highest BCUT2D eigenvalue weighted by Gasteiger charge is 2.30. The van der Waals surface area contributed by atoms with Crippen LogP contribution >= 0.6 is 11.3 Å². The van der Waals surface area contributed by atoms with E-state index in [9.17, 15) is 18.0 Å². The van der Waals surface area contributed by atoms with Gasteiger partial charge in [0.05, 0.1) is 11.8 Å². The quantitative estimate of drug-likeness (QED) is 0.679. The summed E-state index contributed by atoms with van der Waals surface area (Å²) in [5.41, 5.74) is 2.26. The third kappa shape index (κ3) is 3.91. The smallest absolute Gasteiger partial charge is 0.267 e. The van der Waals surface area contributed by atoms with E-state index in [0.717, 1.165) is 22.6 Å². The number of benzene rings is 1. The fraction of sp³-hybridized carbons (Fsp3) is 0.143. The lowest BCUT2D eigenvalue weighted by atomic mass is 10.1. The first-order valence-electron chi connectivity index (χ1n) is 5.92. The van der Waals surface area contributed by atoms with Gasteiger partial charge in [-0.15, -0.1) is 11.3 Å². The zero-order valence-electron chi connectivity index (χ0n) is 10.9. The molecule has 2 aromatic rings. The maximum Gasteiger partial charge on any atom is 0.416 e. The monoisotopic (exact) mass is 312 g/mol. The number of hydrazone groups is 1. The van der Waals surface area contributed by atoms with Crippen LogP contribution in [0.3, 0.4) is 0 Å². The average Bonchev–Trinajstić information content (AvgIpc) is 2.83. The summed E-state index contributed by atoms with van der Waals surface area (Å²) in [7, 11) is 0. The predicted octanol–water partition coefficient (Wildman–Crippen LogP) is 3.84. The maximum atomic E-state index is 12.6. The van der Waals surface area contributed by atoms with Gasteiger partial charge in [-0.3, -0.25) is 4.79 Å². The molecular weight excluding hydrogens is 301 g/mol. The minimum Gasteiger partial charge on any atom is -0.267 e. The number of thiophene rings is 1. The second kappa shape index (κ2) is 6.09. The Balaban J connectivity index is 2.07. The summed E-state index contributed by atoms with van der Waals surface area (Å²) < 4.78 is 37.7. The van der Waals surface area contributed by atoms with Gasteiger partial charge in [0, 0.05) is 10.4 Å². The zero-order chi connectivity index (χ0) is 15.5. The molecule has 21 heavy (non-hydrogen) atoms.